The topological polar surface area (TPSA) is 70.8 Å². The third kappa shape index (κ3) is 3.71. The zero-order chi connectivity index (χ0) is 20.5. The molecule has 0 aliphatic carbocycles. The molecule has 2 fully saturated rings. The van der Waals surface area contributed by atoms with Gasteiger partial charge < -0.3 is 14.2 Å². The van der Waals surface area contributed by atoms with Gasteiger partial charge in [-0.1, -0.05) is 30.3 Å². The number of carbonyl (C=O) groups excluding carboxylic acids is 2. The molecule has 2 amide bonds. The lowest BCUT2D eigenvalue weighted by molar-refractivity contribution is -0.141. The predicted molar refractivity (Wildman–Crippen MR) is 109 cm³/mol. The Balaban J connectivity index is 1.54. The molecular formula is C23H26N2O4. The van der Waals surface area contributed by atoms with Crippen LogP contribution in [-0.2, 0) is 17.6 Å². The number of amides is 2. The van der Waals surface area contributed by atoms with E-state index in [-0.39, 0.29) is 17.5 Å². The molecule has 1 aromatic carbocycles. The smallest absolute Gasteiger partial charge is 0.349 e. The predicted octanol–water partition coefficient (Wildman–Crippen LogP) is 2.57. The maximum absolute atomic E-state index is 13.2. The number of fused-ring (bicyclic) bond motifs is 1. The Morgan fingerprint density at radius 3 is 2.66 bits per heavy atom. The first kappa shape index (κ1) is 19.4. The quantitative estimate of drug-likeness (QED) is 0.799. The van der Waals surface area contributed by atoms with E-state index in [4.69, 9.17) is 4.42 Å². The van der Waals surface area contributed by atoms with Gasteiger partial charge >= 0.3 is 5.63 Å². The Kier molecular flexibility index (Phi) is 5.26. The van der Waals surface area contributed by atoms with E-state index in [0.29, 0.717) is 24.3 Å². The van der Waals surface area contributed by atoms with Crippen LogP contribution in [0, 0.1) is 6.92 Å². The Bertz CT molecular complexity index is 982. The maximum Gasteiger partial charge on any atom is 0.349 e. The molecular weight excluding hydrogens is 368 g/mol. The van der Waals surface area contributed by atoms with Crippen molar-refractivity contribution in [3.63, 3.8) is 0 Å². The molecule has 1 aromatic heterocycles. The van der Waals surface area contributed by atoms with Gasteiger partial charge in [-0.3, -0.25) is 9.59 Å². The minimum Gasteiger partial charge on any atom is -0.427 e. The summed E-state index contributed by atoms with van der Waals surface area (Å²) in [4.78, 5) is 41.9. The molecule has 29 heavy (non-hydrogen) atoms. The van der Waals surface area contributed by atoms with E-state index >= 15 is 0 Å². The Labute approximate surface area is 170 Å². The SMILES string of the molecule is Cc1cc(CCc2ccccc2)oc(=O)c1C(=O)N1C[C@@H]2CCCN2C(=O)[C@H]1C. The second kappa shape index (κ2) is 7.85. The van der Waals surface area contributed by atoms with Crippen LogP contribution in [0.2, 0.25) is 0 Å². The van der Waals surface area contributed by atoms with Crippen LogP contribution in [0.1, 0.15) is 47.0 Å². The minimum absolute atomic E-state index is 0.0337. The number of hydrogen-bond donors (Lipinski definition) is 0. The lowest BCUT2D eigenvalue weighted by atomic mass is 10.0. The highest BCUT2D eigenvalue weighted by Crippen LogP contribution is 2.27. The molecule has 2 aromatic rings. The minimum atomic E-state index is -0.619. The van der Waals surface area contributed by atoms with Crippen LogP contribution in [0.15, 0.2) is 45.6 Å². The second-order valence-electron chi connectivity index (χ2n) is 8.00. The van der Waals surface area contributed by atoms with E-state index < -0.39 is 17.6 Å². The van der Waals surface area contributed by atoms with Gasteiger partial charge in [-0.15, -0.1) is 0 Å². The maximum atomic E-state index is 13.2. The number of carbonyl (C=O) groups is 2. The number of benzene rings is 1. The van der Waals surface area contributed by atoms with Crippen LogP contribution in [0.5, 0.6) is 0 Å². The van der Waals surface area contributed by atoms with E-state index in [1.807, 2.05) is 35.2 Å². The fraction of sp³-hybridized carbons (Fsp3) is 0.435. The molecule has 0 N–H and O–H groups in total. The second-order valence-corrected chi connectivity index (χ2v) is 8.00. The molecule has 0 unspecified atom stereocenters. The van der Waals surface area contributed by atoms with Crippen molar-refractivity contribution in [3.8, 4) is 0 Å². The van der Waals surface area contributed by atoms with Crippen molar-refractivity contribution in [2.75, 3.05) is 13.1 Å². The number of aryl methyl sites for hydroxylation is 3. The number of hydrogen-bond acceptors (Lipinski definition) is 4. The molecule has 0 bridgehead atoms. The average Bonchev–Trinajstić information content (AvgIpc) is 3.18. The van der Waals surface area contributed by atoms with Crippen molar-refractivity contribution >= 4 is 11.8 Å². The average molecular weight is 394 g/mol. The van der Waals surface area contributed by atoms with Gasteiger partial charge in [0.15, 0.2) is 0 Å². The van der Waals surface area contributed by atoms with Gasteiger partial charge in [0.25, 0.3) is 5.91 Å². The summed E-state index contributed by atoms with van der Waals surface area (Å²) in [5.41, 5.74) is 1.18. The van der Waals surface area contributed by atoms with E-state index in [1.54, 1.807) is 19.9 Å². The van der Waals surface area contributed by atoms with Crippen LogP contribution in [0.4, 0.5) is 0 Å². The van der Waals surface area contributed by atoms with E-state index in [1.165, 1.54) is 4.90 Å². The zero-order valence-electron chi connectivity index (χ0n) is 16.9. The summed E-state index contributed by atoms with van der Waals surface area (Å²) in [7, 11) is 0. The third-order valence-electron chi connectivity index (χ3n) is 6.07. The summed E-state index contributed by atoms with van der Waals surface area (Å²) in [5.74, 6) is 0.129. The van der Waals surface area contributed by atoms with Crippen molar-refractivity contribution in [2.45, 2.75) is 51.6 Å². The molecule has 152 valence electrons. The number of nitrogens with zero attached hydrogens (tertiary/aromatic N) is 2. The molecule has 6 nitrogen and oxygen atoms in total. The standard InChI is InChI=1S/C23H26N2O4/c1-15-13-19(11-10-17-7-4-3-5-8-17)29-23(28)20(15)22(27)25-14-18-9-6-12-24(18)21(26)16(25)2/h3-5,7-8,13,16,18H,6,9-12,14H2,1-2H3/t16-,18+/m1/s1. The van der Waals surface area contributed by atoms with Crippen molar-refractivity contribution in [2.24, 2.45) is 0 Å². The van der Waals surface area contributed by atoms with Crippen molar-refractivity contribution < 1.29 is 14.0 Å². The normalized spacial score (nSPS) is 21.4. The molecule has 0 spiro atoms. The van der Waals surface area contributed by atoms with Gasteiger partial charge in [0, 0.05) is 25.6 Å². The van der Waals surface area contributed by atoms with Gasteiger partial charge in [0.2, 0.25) is 5.91 Å². The summed E-state index contributed by atoms with van der Waals surface area (Å²) >= 11 is 0. The van der Waals surface area contributed by atoms with Crippen molar-refractivity contribution in [1.82, 2.24) is 9.80 Å². The Morgan fingerprint density at radius 2 is 1.93 bits per heavy atom. The fourth-order valence-corrected chi connectivity index (χ4v) is 4.44. The lowest BCUT2D eigenvalue weighted by Crippen LogP contribution is -2.60. The summed E-state index contributed by atoms with van der Waals surface area (Å²) in [6.45, 7) is 4.72. The molecule has 6 heteroatoms. The molecule has 2 saturated heterocycles. The zero-order valence-corrected chi connectivity index (χ0v) is 16.9. The Hall–Kier alpha value is -2.89. The first-order valence-electron chi connectivity index (χ1n) is 10.2. The van der Waals surface area contributed by atoms with Gasteiger partial charge in [0.05, 0.1) is 0 Å². The molecule has 0 saturated carbocycles. The van der Waals surface area contributed by atoms with E-state index in [9.17, 15) is 14.4 Å². The van der Waals surface area contributed by atoms with Crippen molar-refractivity contribution in [3.05, 3.63) is 69.3 Å². The molecule has 3 heterocycles. The summed E-state index contributed by atoms with van der Waals surface area (Å²) in [6, 6.07) is 11.2. The number of rotatable bonds is 4. The van der Waals surface area contributed by atoms with Crippen LogP contribution in [-0.4, -0.2) is 46.8 Å². The van der Waals surface area contributed by atoms with Gasteiger partial charge in [-0.25, -0.2) is 4.79 Å². The van der Waals surface area contributed by atoms with Gasteiger partial charge in [-0.05, 0) is 50.3 Å². The summed E-state index contributed by atoms with van der Waals surface area (Å²) in [6.07, 6.45) is 3.20. The number of piperazine rings is 1. The fourth-order valence-electron chi connectivity index (χ4n) is 4.44. The van der Waals surface area contributed by atoms with Crippen LogP contribution >= 0.6 is 0 Å². The van der Waals surface area contributed by atoms with Crippen LogP contribution < -0.4 is 5.63 Å². The van der Waals surface area contributed by atoms with Gasteiger partial charge in [-0.2, -0.15) is 0 Å². The highest BCUT2D eigenvalue weighted by atomic mass is 16.4. The lowest BCUT2D eigenvalue weighted by Gasteiger charge is -2.41. The summed E-state index contributed by atoms with van der Waals surface area (Å²) < 4.78 is 5.47. The Morgan fingerprint density at radius 1 is 1.17 bits per heavy atom. The largest absolute Gasteiger partial charge is 0.427 e. The molecule has 4 rings (SSSR count). The first-order valence-corrected chi connectivity index (χ1v) is 10.2. The third-order valence-corrected chi connectivity index (χ3v) is 6.07. The highest BCUT2D eigenvalue weighted by Gasteiger charge is 2.43. The van der Waals surface area contributed by atoms with Crippen LogP contribution in [0.25, 0.3) is 0 Å². The van der Waals surface area contributed by atoms with Crippen molar-refractivity contribution in [1.29, 1.82) is 0 Å². The monoisotopic (exact) mass is 394 g/mol. The van der Waals surface area contributed by atoms with E-state index in [2.05, 4.69) is 0 Å². The van der Waals surface area contributed by atoms with E-state index in [0.717, 1.165) is 31.4 Å². The molecule has 2 aliphatic rings. The molecule has 2 aliphatic heterocycles. The highest BCUT2D eigenvalue weighted by molar-refractivity contribution is 5.99. The molecule has 2 atom stereocenters. The first-order chi connectivity index (χ1) is 14.0. The molecule has 0 radical (unpaired) electrons. The van der Waals surface area contributed by atoms with Gasteiger partial charge in [0.1, 0.15) is 17.4 Å². The summed E-state index contributed by atoms with van der Waals surface area (Å²) in [5, 5.41) is 0. The van der Waals surface area contributed by atoms with Crippen LogP contribution in [0.3, 0.4) is 0 Å².